The average Bonchev–Trinajstić information content (AvgIpc) is 3.16. The predicted octanol–water partition coefficient (Wildman–Crippen LogP) is 4.38. The first-order valence-electron chi connectivity index (χ1n) is 7.80. The number of aryl methyl sites for hydroxylation is 1. The van der Waals surface area contributed by atoms with Gasteiger partial charge in [-0.15, -0.1) is 0 Å². The Morgan fingerprint density at radius 2 is 2.08 bits per heavy atom. The third kappa shape index (κ3) is 4.67. The SMILES string of the molecule is O=C(CCc1ccc(F)c(Cl)c1)NCc1cncc(-c2ccco2)c1. The molecule has 25 heavy (non-hydrogen) atoms. The Labute approximate surface area is 149 Å². The minimum absolute atomic E-state index is 0.0683. The van der Waals surface area contributed by atoms with E-state index in [4.69, 9.17) is 16.0 Å². The van der Waals surface area contributed by atoms with Crippen LogP contribution in [0.25, 0.3) is 11.3 Å². The summed E-state index contributed by atoms with van der Waals surface area (Å²) in [5, 5.41) is 2.92. The van der Waals surface area contributed by atoms with E-state index >= 15 is 0 Å². The minimum atomic E-state index is -0.459. The van der Waals surface area contributed by atoms with E-state index in [0.717, 1.165) is 22.5 Å². The number of carbonyl (C=O) groups is 1. The van der Waals surface area contributed by atoms with Gasteiger partial charge in [-0.1, -0.05) is 17.7 Å². The maximum atomic E-state index is 13.1. The van der Waals surface area contributed by atoms with Gasteiger partial charge < -0.3 is 9.73 Å². The van der Waals surface area contributed by atoms with Crippen molar-refractivity contribution < 1.29 is 13.6 Å². The molecule has 0 aliphatic rings. The molecular weight excluding hydrogens is 343 g/mol. The van der Waals surface area contributed by atoms with Gasteiger partial charge in [0, 0.05) is 30.9 Å². The van der Waals surface area contributed by atoms with Gasteiger partial charge in [-0.3, -0.25) is 9.78 Å². The Morgan fingerprint density at radius 3 is 2.84 bits per heavy atom. The Morgan fingerprint density at radius 1 is 1.20 bits per heavy atom. The highest BCUT2D eigenvalue weighted by molar-refractivity contribution is 6.30. The van der Waals surface area contributed by atoms with Gasteiger partial charge in [0.1, 0.15) is 11.6 Å². The molecule has 3 aromatic rings. The monoisotopic (exact) mass is 358 g/mol. The maximum absolute atomic E-state index is 13.1. The van der Waals surface area contributed by atoms with Crippen LogP contribution in [-0.2, 0) is 17.8 Å². The van der Waals surface area contributed by atoms with E-state index in [9.17, 15) is 9.18 Å². The highest BCUT2D eigenvalue weighted by Crippen LogP contribution is 2.20. The number of benzene rings is 1. The summed E-state index contributed by atoms with van der Waals surface area (Å²) in [5.74, 6) is 0.177. The second kappa shape index (κ2) is 7.94. The van der Waals surface area contributed by atoms with Gasteiger partial charge in [0.05, 0.1) is 11.3 Å². The van der Waals surface area contributed by atoms with Gasteiger partial charge in [0.25, 0.3) is 0 Å². The van der Waals surface area contributed by atoms with Crippen molar-refractivity contribution in [3.8, 4) is 11.3 Å². The lowest BCUT2D eigenvalue weighted by molar-refractivity contribution is -0.121. The van der Waals surface area contributed by atoms with Crippen molar-refractivity contribution in [2.45, 2.75) is 19.4 Å². The van der Waals surface area contributed by atoms with Crippen LogP contribution in [-0.4, -0.2) is 10.9 Å². The zero-order chi connectivity index (χ0) is 17.6. The summed E-state index contributed by atoms with van der Waals surface area (Å²) in [5.41, 5.74) is 2.56. The van der Waals surface area contributed by atoms with Gasteiger partial charge in [-0.25, -0.2) is 4.39 Å². The van der Waals surface area contributed by atoms with E-state index in [1.807, 2.05) is 18.2 Å². The van der Waals surface area contributed by atoms with Gasteiger partial charge in [-0.2, -0.15) is 0 Å². The van der Waals surface area contributed by atoms with Gasteiger partial charge >= 0.3 is 0 Å². The van der Waals surface area contributed by atoms with Crippen molar-refractivity contribution >= 4 is 17.5 Å². The zero-order valence-electron chi connectivity index (χ0n) is 13.3. The Kier molecular flexibility index (Phi) is 5.46. The molecule has 1 amide bonds. The minimum Gasteiger partial charge on any atom is -0.464 e. The molecule has 2 heterocycles. The molecule has 0 bridgehead atoms. The lowest BCUT2D eigenvalue weighted by Crippen LogP contribution is -2.23. The molecule has 0 radical (unpaired) electrons. The van der Waals surface area contributed by atoms with E-state index in [2.05, 4.69) is 10.3 Å². The Balaban J connectivity index is 1.52. The summed E-state index contributed by atoms with van der Waals surface area (Å²) in [4.78, 5) is 16.2. The van der Waals surface area contributed by atoms with Crippen LogP contribution in [0.1, 0.15) is 17.5 Å². The van der Waals surface area contributed by atoms with E-state index in [0.29, 0.717) is 19.4 Å². The highest BCUT2D eigenvalue weighted by Gasteiger charge is 2.07. The summed E-state index contributed by atoms with van der Waals surface area (Å²) in [6, 6.07) is 10.1. The number of aromatic nitrogens is 1. The quantitative estimate of drug-likeness (QED) is 0.711. The zero-order valence-corrected chi connectivity index (χ0v) is 14.1. The van der Waals surface area contributed by atoms with E-state index in [1.165, 1.54) is 6.07 Å². The molecule has 1 aromatic carbocycles. The fourth-order valence-electron chi connectivity index (χ4n) is 2.40. The number of carbonyl (C=O) groups excluding carboxylic acids is 1. The second-order valence-corrected chi connectivity index (χ2v) is 5.99. The number of pyridine rings is 1. The van der Waals surface area contributed by atoms with Crippen LogP contribution in [0.5, 0.6) is 0 Å². The van der Waals surface area contributed by atoms with Crippen LogP contribution in [0.15, 0.2) is 59.5 Å². The number of furan rings is 1. The molecule has 0 saturated carbocycles. The Bertz CT molecular complexity index is 866. The molecule has 3 rings (SSSR count). The first-order valence-corrected chi connectivity index (χ1v) is 8.18. The van der Waals surface area contributed by atoms with Crippen molar-refractivity contribution in [3.63, 3.8) is 0 Å². The number of hydrogen-bond acceptors (Lipinski definition) is 3. The molecule has 128 valence electrons. The molecule has 0 spiro atoms. The predicted molar refractivity (Wildman–Crippen MR) is 93.5 cm³/mol. The molecule has 2 aromatic heterocycles. The van der Waals surface area contributed by atoms with E-state index in [-0.39, 0.29) is 10.9 Å². The smallest absolute Gasteiger partial charge is 0.220 e. The van der Waals surface area contributed by atoms with E-state index < -0.39 is 5.82 Å². The molecule has 4 nitrogen and oxygen atoms in total. The molecule has 0 aliphatic heterocycles. The largest absolute Gasteiger partial charge is 0.464 e. The normalized spacial score (nSPS) is 10.6. The average molecular weight is 359 g/mol. The number of hydrogen-bond donors (Lipinski definition) is 1. The third-order valence-corrected chi connectivity index (χ3v) is 4.00. The fourth-order valence-corrected chi connectivity index (χ4v) is 2.61. The topological polar surface area (TPSA) is 55.1 Å². The van der Waals surface area contributed by atoms with Gasteiger partial charge in [0.15, 0.2) is 0 Å². The molecule has 6 heteroatoms. The second-order valence-electron chi connectivity index (χ2n) is 5.58. The van der Waals surface area contributed by atoms with Crippen molar-refractivity contribution in [1.29, 1.82) is 0 Å². The molecule has 0 fully saturated rings. The number of nitrogens with one attached hydrogen (secondary N) is 1. The lowest BCUT2D eigenvalue weighted by atomic mass is 10.1. The van der Waals surface area contributed by atoms with Crippen LogP contribution >= 0.6 is 11.6 Å². The third-order valence-electron chi connectivity index (χ3n) is 3.72. The summed E-state index contributed by atoms with van der Waals surface area (Å²) in [6.07, 6.45) is 5.81. The van der Waals surface area contributed by atoms with Crippen molar-refractivity contribution in [2.24, 2.45) is 0 Å². The van der Waals surface area contributed by atoms with Crippen molar-refractivity contribution in [3.05, 3.63) is 77.0 Å². The first kappa shape index (κ1) is 17.2. The van der Waals surface area contributed by atoms with Crippen LogP contribution in [0.2, 0.25) is 5.02 Å². The summed E-state index contributed by atoms with van der Waals surface area (Å²) >= 11 is 5.74. The number of amides is 1. The highest BCUT2D eigenvalue weighted by atomic mass is 35.5. The fraction of sp³-hybridized carbons (Fsp3) is 0.158. The van der Waals surface area contributed by atoms with E-state index in [1.54, 1.807) is 30.8 Å². The number of rotatable bonds is 6. The number of halogens is 2. The summed E-state index contributed by atoms with van der Waals surface area (Å²) in [6.45, 7) is 0.380. The number of nitrogens with zero attached hydrogens (tertiary/aromatic N) is 1. The Hall–Kier alpha value is -2.66. The maximum Gasteiger partial charge on any atom is 0.220 e. The molecular formula is C19H16ClFN2O2. The molecule has 1 N–H and O–H groups in total. The van der Waals surface area contributed by atoms with Crippen LogP contribution in [0.4, 0.5) is 4.39 Å². The lowest BCUT2D eigenvalue weighted by Gasteiger charge is -2.07. The van der Waals surface area contributed by atoms with Crippen LogP contribution < -0.4 is 5.32 Å². The summed E-state index contributed by atoms with van der Waals surface area (Å²) in [7, 11) is 0. The van der Waals surface area contributed by atoms with Crippen molar-refractivity contribution in [2.75, 3.05) is 0 Å². The molecule has 0 saturated heterocycles. The van der Waals surface area contributed by atoms with Crippen LogP contribution in [0.3, 0.4) is 0 Å². The van der Waals surface area contributed by atoms with Crippen molar-refractivity contribution in [1.82, 2.24) is 10.3 Å². The molecule has 0 unspecified atom stereocenters. The van der Waals surface area contributed by atoms with Gasteiger partial charge in [0.2, 0.25) is 5.91 Å². The first-order chi connectivity index (χ1) is 12.1. The molecule has 0 atom stereocenters. The summed E-state index contributed by atoms with van der Waals surface area (Å²) < 4.78 is 18.5. The van der Waals surface area contributed by atoms with Crippen LogP contribution in [0, 0.1) is 5.82 Å². The standard InChI is InChI=1S/C19H16ClFN2O2/c20-16-9-13(3-5-17(16)21)4-6-19(24)23-11-14-8-15(12-22-10-14)18-2-1-7-25-18/h1-3,5,7-10,12H,4,6,11H2,(H,23,24). The molecule has 0 aliphatic carbocycles. The van der Waals surface area contributed by atoms with Gasteiger partial charge in [-0.05, 0) is 47.9 Å².